The molecule has 1 aliphatic heterocycles. The molecule has 0 bridgehead atoms. The van der Waals surface area contributed by atoms with Crippen LogP contribution in [0.5, 0.6) is 23.0 Å². The van der Waals surface area contributed by atoms with E-state index in [0.717, 1.165) is 31.1 Å². The second-order valence-electron chi connectivity index (χ2n) is 10.5. The van der Waals surface area contributed by atoms with E-state index < -0.39 is 29.1 Å². The van der Waals surface area contributed by atoms with Gasteiger partial charge in [0, 0.05) is 88.7 Å². The van der Waals surface area contributed by atoms with E-state index in [1.165, 1.54) is 69.7 Å². The van der Waals surface area contributed by atoms with Crippen LogP contribution in [0.25, 0.3) is 0 Å². The number of benzene rings is 3. The van der Waals surface area contributed by atoms with E-state index in [-0.39, 0.29) is 46.9 Å². The van der Waals surface area contributed by atoms with Crippen molar-refractivity contribution in [1.29, 1.82) is 0 Å². The molecule has 1 heterocycles. The predicted molar refractivity (Wildman–Crippen MR) is 183 cm³/mol. The second-order valence-corrected chi connectivity index (χ2v) is 11.3. The number of hydrogen-bond acceptors (Lipinski definition) is 11. The summed E-state index contributed by atoms with van der Waals surface area (Å²) in [7, 11) is 0. The standard InChI is InChI=1S/C23H25ClN2O5.C11H9ClO5.ClH/c1-16(27)30-21-13-19(14-22(15-21)31-17(2)28)23(29)26-11-9-25(10-12-26)8-7-18-3-5-20(24)6-4-18;1-6(13)16-9-3-8(11(12)15)4-10(5-9)17-7(2)14;/h3-6,13-15H,7-12H2,1-2H3;3-5H,1-2H3;1H. The Morgan fingerprint density at radius 2 is 1.00 bits per heavy atom. The number of rotatable bonds is 9. The molecule has 0 aromatic heterocycles. The lowest BCUT2D eigenvalue weighted by atomic mass is 10.1. The molecule has 0 radical (unpaired) electrons. The van der Waals surface area contributed by atoms with Crippen molar-refractivity contribution in [3.8, 4) is 23.0 Å². The van der Waals surface area contributed by atoms with Gasteiger partial charge in [-0.25, -0.2) is 0 Å². The number of ether oxygens (including phenoxy) is 4. The third-order valence-corrected chi connectivity index (χ3v) is 7.04. The molecule has 3 aromatic carbocycles. The highest BCUT2D eigenvalue weighted by Gasteiger charge is 2.23. The van der Waals surface area contributed by atoms with Gasteiger partial charge in [0.2, 0.25) is 0 Å². The van der Waals surface area contributed by atoms with E-state index >= 15 is 0 Å². The Labute approximate surface area is 299 Å². The third kappa shape index (κ3) is 14.3. The molecule has 1 saturated heterocycles. The highest BCUT2D eigenvalue weighted by atomic mass is 35.5. The van der Waals surface area contributed by atoms with Gasteiger partial charge in [0.25, 0.3) is 11.1 Å². The van der Waals surface area contributed by atoms with Gasteiger partial charge in [-0.2, -0.15) is 0 Å². The van der Waals surface area contributed by atoms with Crippen LogP contribution in [0.2, 0.25) is 5.02 Å². The van der Waals surface area contributed by atoms with Gasteiger partial charge in [-0.3, -0.25) is 33.7 Å². The van der Waals surface area contributed by atoms with Gasteiger partial charge >= 0.3 is 23.9 Å². The summed E-state index contributed by atoms with van der Waals surface area (Å²) in [5.41, 5.74) is 1.61. The fraction of sp³-hybridized carbons (Fsp3) is 0.294. The molecule has 1 amide bonds. The zero-order valence-electron chi connectivity index (χ0n) is 27.2. The average molecular weight is 738 g/mol. The zero-order chi connectivity index (χ0) is 35.4. The fourth-order valence-corrected chi connectivity index (χ4v) is 4.81. The summed E-state index contributed by atoms with van der Waals surface area (Å²) >= 11 is 11.2. The largest absolute Gasteiger partial charge is 0.427 e. The fourth-order valence-electron chi connectivity index (χ4n) is 4.58. The SMILES string of the molecule is CC(=O)Oc1cc(OC(C)=O)cc(C(=O)Cl)c1.CC(=O)Oc1cc(OC(C)=O)cc(C(=O)N2CCN(CCc3ccc(Cl)cc3)CC2)c1.Cl. The van der Waals surface area contributed by atoms with Crippen molar-refractivity contribution < 1.29 is 47.7 Å². The van der Waals surface area contributed by atoms with Crippen LogP contribution in [-0.4, -0.2) is 77.6 Å². The number of amides is 1. The highest BCUT2D eigenvalue weighted by Crippen LogP contribution is 2.26. The highest BCUT2D eigenvalue weighted by molar-refractivity contribution is 6.67. The van der Waals surface area contributed by atoms with Gasteiger partial charge in [0.15, 0.2) is 0 Å². The number of esters is 4. The first-order chi connectivity index (χ1) is 22.7. The first-order valence-corrected chi connectivity index (χ1v) is 15.4. The van der Waals surface area contributed by atoms with Crippen LogP contribution in [0.1, 0.15) is 54.0 Å². The Balaban J connectivity index is 0.000000394. The monoisotopic (exact) mass is 736 g/mol. The second kappa shape index (κ2) is 19.5. The molecule has 0 spiro atoms. The first-order valence-electron chi connectivity index (χ1n) is 14.7. The smallest absolute Gasteiger partial charge is 0.308 e. The van der Waals surface area contributed by atoms with E-state index in [1.54, 1.807) is 4.90 Å². The van der Waals surface area contributed by atoms with Crippen molar-refractivity contribution in [2.45, 2.75) is 34.1 Å². The number of carbonyl (C=O) groups excluding carboxylic acids is 6. The quantitative estimate of drug-likeness (QED) is 0.155. The molecule has 0 aliphatic carbocycles. The number of carbonyl (C=O) groups is 6. The van der Waals surface area contributed by atoms with Crippen molar-refractivity contribution in [3.63, 3.8) is 0 Å². The van der Waals surface area contributed by atoms with Crippen molar-refractivity contribution >= 4 is 70.6 Å². The summed E-state index contributed by atoms with van der Waals surface area (Å²) in [6.07, 6.45) is 0.918. The summed E-state index contributed by atoms with van der Waals surface area (Å²) in [5.74, 6) is -1.86. The number of hydrogen-bond donors (Lipinski definition) is 0. The normalized spacial score (nSPS) is 12.3. The van der Waals surface area contributed by atoms with Gasteiger partial charge < -0.3 is 23.8 Å². The van der Waals surface area contributed by atoms with Gasteiger partial charge in [-0.1, -0.05) is 23.7 Å². The summed E-state index contributed by atoms with van der Waals surface area (Å²) in [4.78, 5) is 72.3. The van der Waals surface area contributed by atoms with Crippen LogP contribution in [-0.2, 0) is 25.6 Å². The average Bonchev–Trinajstić information content (AvgIpc) is 2.99. The lowest BCUT2D eigenvalue weighted by Crippen LogP contribution is -2.49. The van der Waals surface area contributed by atoms with E-state index in [1.807, 2.05) is 24.3 Å². The molecule has 0 atom stereocenters. The van der Waals surface area contributed by atoms with E-state index in [9.17, 15) is 28.8 Å². The molecule has 0 saturated carbocycles. The zero-order valence-corrected chi connectivity index (χ0v) is 29.5. The minimum absolute atomic E-state index is 0. The van der Waals surface area contributed by atoms with E-state index in [0.29, 0.717) is 18.7 Å². The Morgan fingerprint density at radius 1 is 0.612 bits per heavy atom. The summed E-state index contributed by atoms with van der Waals surface area (Å²) in [6.45, 7) is 8.55. The molecule has 0 unspecified atom stereocenters. The van der Waals surface area contributed by atoms with E-state index in [2.05, 4.69) is 4.90 Å². The molecule has 262 valence electrons. The van der Waals surface area contributed by atoms with E-state index in [4.69, 9.17) is 42.1 Å². The summed E-state index contributed by atoms with van der Waals surface area (Å²) in [5, 5.41) is -0.0158. The topological polar surface area (TPSA) is 146 Å². The molecule has 1 fully saturated rings. The van der Waals surface area contributed by atoms with Crippen LogP contribution in [0.4, 0.5) is 0 Å². The summed E-state index contributed by atoms with van der Waals surface area (Å²) in [6, 6.07) is 16.1. The predicted octanol–water partition coefficient (Wildman–Crippen LogP) is 5.53. The lowest BCUT2D eigenvalue weighted by Gasteiger charge is -2.34. The minimum atomic E-state index is -0.743. The Morgan fingerprint density at radius 3 is 1.37 bits per heavy atom. The van der Waals surface area contributed by atoms with Crippen LogP contribution in [0, 0.1) is 0 Å². The molecular formula is C34H35Cl3N2O10. The molecule has 15 heteroatoms. The van der Waals surface area contributed by atoms with Crippen LogP contribution in [0.15, 0.2) is 60.7 Å². The van der Waals surface area contributed by atoms with Gasteiger partial charge in [-0.15, -0.1) is 12.4 Å². The van der Waals surface area contributed by atoms with Crippen molar-refractivity contribution in [1.82, 2.24) is 9.80 Å². The number of nitrogens with zero attached hydrogens (tertiary/aromatic N) is 2. The molecule has 12 nitrogen and oxygen atoms in total. The Bertz CT molecular complexity index is 1600. The molecule has 49 heavy (non-hydrogen) atoms. The molecule has 1 aliphatic rings. The van der Waals surface area contributed by atoms with Crippen molar-refractivity contribution in [2.24, 2.45) is 0 Å². The molecule has 3 aromatic rings. The lowest BCUT2D eigenvalue weighted by molar-refractivity contribution is -0.133. The van der Waals surface area contributed by atoms with Gasteiger partial charge in [0.1, 0.15) is 23.0 Å². The summed E-state index contributed by atoms with van der Waals surface area (Å²) < 4.78 is 19.8. The van der Waals surface area contributed by atoms with Gasteiger partial charge in [-0.05, 0) is 60.0 Å². The maximum absolute atomic E-state index is 13.0. The molecular weight excluding hydrogens is 703 g/mol. The maximum Gasteiger partial charge on any atom is 0.308 e. The van der Waals surface area contributed by atoms with Crippen molar-refractivity contribution in [2.75, 3.05) is 32.7 Å². The van der Waals surface area contributed by atoms with Gasteiger partial charge in [0.05, 0.1) is 0 Å². The number of halogens is 3. The van der Waals surface area contributed by atoms with Crippen molar-refractivity contribution in [3.05, 3.63) is 82.4 Å². The number of piperazine rings is 1. The maximum atomic E-state index is 13.0. The Hall–Kier alpha value is -4.49. The molecule has 0 N–H and O–H groups in total. The molecule has 4 rings (SSSR count). The van der Waals surface area contributed by atoms with Crippen LogP contribution >= 0.6 is 35.6 Å². The van der Waals surface area contributed by atoms with Crippen LogP contribution < -0.4 is 18.9 Å². The minimum Gasteiger partial charge on any atom is -0.427 e. The first kappa shape index (κ1) is 40.7. The third-order valence-electron chi connectivity index (χ3n) is 6.57. The van der Waals surface area contributed by atoms with Crippen LogP contribution in [0.3, 0.4) is 0 Å². The Kier molecular flexibility index (Phi) is 16.2.